The zero-order valence-corrected chi connectivity index (χ0v) is 25.6. The molecule has 6 rings (SSSR count). The van der Waals surface area contributed by atoms with Crippen LogP contribution in [0.2, 0.25) is 0 Å². The summed E-state index contributed by atoms with van der Waals surface area (Å²) in [6.07, 6.45) is 0.241. The van der Waals surface area contributed by atoms with Crippen LogP contribution in [0, 0.1) is 11.8 Å². The monoisotopic (exact) mass is 611 g/mol. The number of phenolic OH excluding ortho intramolecular Hbond substituents is 1. The molecule has 7 N–H and O–H groups in total. The van der Waals surface area contributed by atoms with Crippen LogP contribution in [-0.2, 0) is 22.6 Å². The number of benzene rings is 3. The summed E-state index contributed by atoms with van der Waals surface area (Å²) < 4.78 is 0. The lowest BCUT2D eigenvalue weighted by atomic mass is 9.58. The van der Waals surface area contributed by atoms with Gasteiger partial charge in [0.25, 0.3) is 5.91 Å². The fourth-order valence-corrected chi connectivity index (χ4v) is 7.57. The van der Waals surface area contributed by atoms with Gasteiger partial charge in [0.15, 0.2) is 11.4 Å². The van der Waals surface area contributed by atoms with E-state index in [0.717, 1.165) is 27.5 Å². The summed E-state index contributed by atoms with van der Waals surface area (Å²) in [4.78, 5) is 41.5. The van der Waals surface area contributed by atoms with Gasteiger partial charge in [-0.1, -0.05) is 56.3 Å². The van der Waals surface area contributed by atoms with E-state index in [2.05, 4.69) is 31.3 Å². The second kappa shape index (κ2) is 10.8. The number of phenols is 1. The Bertz CT molecular complexity index is 1860. The second-order valence-corrected chi connectivity index (χ2v) is 12.8. The van der Waals surface area contributed by atoms with E-state index >= 15 is 0 Å². The summed E-state index contributed by atoms with van der Waals surface area (Å²) in [5.41, 5.74) is 5.06. The molecule has 3 aromatic rings. The third-order valence-electron chi connectivity index (χ3n) is 9.61. The average molecular weight is 612 g/mol. The minimum absolute atomic E-state index is 0.0112. The van der Waals surface area contributed by atoms with E-state index in [1.807, 2.05) is 24.3 Å². The van der Waals surface area contributed by atoms with Gasteiger partial charge in [-0.25, -0.2) is 0 Å². The largest absolute Gasteiger partial charge is 0.510 e. The highest BCUT2D eigenvalue weighted by molar-refractivity contribution is 6.25. The summed E-state index contributed by atoms with van der Waals surface area (Å²) in [7, 11) is 3.21. The van der Waals surface area contributed by atoms with Crippen LogP contribution in [0.4, 0.5) is 0 Å². The maximum atomic E-state index is 14.2. The van der Waals surface area contributed by atoms with Gasteiger partial charge in [-0.05, 0) is 71.9 Å². The Morgan fingerprint density at radius 2 is 1.69 bits per heavy atom. The number of rotatable bonds is 6. The summed E-state index contributed by atoms with van der Waals surface area (Å²) in [5, 5.41) is 50.9. The molecule has 0 bridgehead atoms. The number of ketones is 2. The number of Topliss-reactive ketones (excluding diaryl/α,β-unsaturated/α-hetero) is 2. The third-order valence-corrected chi connectivity index (χ3v) is 9.61. The molecule has 1 unspecified atom stereocenters. The number of hydrogen-bond acceptors (Lipinski definition) is 9. The first-order valence-corrected chi connectivity index (χ1v) is 15.0. The minimum atomic E-state index is -2.67. The molecule has 3 aromatic carbocycles. The summed E-state index contributed by atoms with van der Waals surface area (Å²) >= 11 is 0. The van der Waals surface area contributed by atoms with Crippen LogP contribution in [0.25, 0.3) is 21.9 Å². The summed E-state index contributed by atoms with van der Waals surface area (Å²) in [5.74, 6) is -6.71. The molecule has 4 atom stereocenters. The van der Waals surface area contributed by atoms with Crippen LogP contribution in [0.3, 0.4) is 0 Å². The fraction of sp³-hybridized carbons (Fsp3) is 0.343. The number of aromatic hydroxyl groups is 1. The second-order valence-electron chi connectivity index (χ2n) is 12.8. The number of amides is 1. The Morgan fingerprint density at radius 1 is 1.02 bits per heavy atom. The van der Waals surface area contributed by atoms with E-state index in [4.69, 9.17) is 5.73 Å². The predicted octanol–water partition coefficient (Wildman–Crippen LogP) is 3.44. The Balaban J connectivity index is 1.53. The first kappa shape index (κ1) is 30.5. The van der Waals surface area contributed by atoms with Crippen molar-refractivity contribution in [1.29, 1.82) is 0 Å². The van der Waals surface area contributed by atoms with Gasteiger partial charge in [-0.3, -0.25) is 19.3 Å². The van der Waals surface area contributed by atoms with Crippen LogP contribution in [-0.4, -0.2) is 74.6 Å². The molecular weight excluding hydrogens is 574 g/mol. The molecule has 0 spiro atoms. The molecule has 0 radical (unpaired) electrons. The maximum absolute atomic E-state index is 14.2. The standard InChI is InChI=1S/C35H37N3O7/c1-16(2)37-15-17-9-10-21(20-8-6-5-7-19(17)20)22-11-12-25(39)27-23(22)13-18-14-24-29(38(3)4)31(41)28(34(36)44)33(43)35(24,45)32(42)26(18)30(27)40/h5-12,16,18,24,29,37,39,41-42,45H,13-15H2,1-4H3,(H2,36,44)/t18-,24-,29?,35-/m1/s1. The first-order chi connectivity index (χ1) is 21.3. The molecule has 0 saturated carbocycles. The van der Waals surface area contributed by atoms with Gasteiger partial charge < -0.3 is 31.5 Å². The molecule has 0 aromatic heterocycles. The average Bonchev–Trinajstić information content (AvgIpc) is 2.97. The maximum Gasteiger partial charge on any atom is 0.255 e. The Hall–Kier alpha value is -4.51. The van der Waals surface area contributed by atoms with Gasteiger partial charge in [-0.15, -0.1) is 0 Å². The van der Waals surface area contributed by atoms with Crippen LogP contribution in [0.5, 0.6) is 5.75 Å². The van der Waals surface area contributed by atoms with E-state index in [1.54, 1.807) is 20.2 Å². The van der Waals surface area contributed by atoms with Gasteiger partial charge >= 0.3 is 0 Å². The highest BCUT2D eigenvalue weighted by Crippen LogP contribution is 2.53. The smallest absolute Gasteiger partial charge is 0.255 e. The zero-order chi connectivity index (χ0) is 32.5. The van der Waals surface area contributed by atoms with Crippen molar-refractivity contribution in [2.45, 2.75) is 50.9 Å². The Kier molecular flexibility index (Phi) is 7.35. The number of nitrogens with two attached hydrogens (primary N) is 1. The third kappa shape index (κ3) is 4.47. The van der Waals surface area contributed by atoms with Crippen molar-refractivity contribution in [3.8, 4) is 16.9 Å². The zero-order valence-electron chi connectivity index (χ0n) is 25.6. The van der Waals surface area contributed by atoms with E-state index in [1.165, 1.54) is 11.0 Å². The highest BCUT2D eigenvalue weighted by Gasteiger charge is 2.63. The van der Waals surface area contributed by atoms with Gasteiger partial charge in [0, 0.05) is 24.1 Å². The van der Waals surface area contributed by atoms with Gasteiger partial charge in [0.05, 0.1) is 11.6 Å². The molecule has 0 heterocycles. The van der Waals surface area contributed by atoms with Crippen LogP contribution in [0.15, 0.2) is 71.2 Å². The molecule has 3 aliphatic rings. The van der Waals surface area contributed by atoms with Gasteiger partial charge in [-0.2, -0.15) is 0 Å². The number of likely N-dealkylation sites (N-methyl/N-ethyl adjacent to an activating group) is 1. The van der Waals surface area contributed by atoms with Crippen LogP contribution < -0.4 is 11.1 Å². The summed E-state index contributed by atoms with van der Waals surface area (Å²) in [6.45, 7) is 4.84. The number of aliphatic hydroxyl groups excluding tert-OH is 2. The number of nitrogens with zero attached hydrogens (tertiary/aromatic N) is 1. The van der Waals surface area contributed by atoms with E-state index < -0.39 is 58.0 Å². The molecule has 0 aliphatic heterocycles. The van der Waals surface area contributed by atoms with Crippen molar-refractivity contribution in [2.24, 2.45) is 17.6 Å². The molecular formula is C35H37N3O7. The number of primary amides is 1. The lowest BCUT2D eigenvalue weighted by Crippen LogP contribution is -2.63. The molecule has 3 aliphatic carbocycles. The number of allylic oxidation sites excluding steroid dienone is 1. The number of carbonyl (C=O) groups excluding carboxylic acids is 3. The molecule has 234 valence electrons. The molecule has 0 saturated heterocycles. The Labute approximate surface area is 260 Å². The first-order valence-electron chi connectivity index (χ1n) is 15.0. The Morgan fingerprint density at radius 3 is 2.33 bits per heavy atom. The number of fused-ring (bicyclic) bond motifs is 4. The van der Waals surface area contributed by atoms with Crippen molar-refractivity contribution in [2.75, 3.05) is 14.1 Å². The van der Waals surface area contributed by atoms with Crippen molar-refractivity contribution < 1.29 is 34.8 Å². The van der Waals surface area contributed by atoms with Gasteiger partial charge in [0.1, 0.15) is 22.8 Å². The molecule has 10 heteroatoms. The normalized spacial score (nSPS) is 24.7. The molecule has 0 fully saturated rings. The quantitative estimate of drug-likeness (QED) is 0.228. The lowest BCUT2D eigenvalue weighted by Gasteiger charge is -2.50. The predicted molar refractivity (Wildman–Crippen MR) is 169 cm³/mol. The summed E-state index contributed by atoms with van der Waals surface area (Å²) in [6, 6.07) is 14.5. The SMILES string of the molecule is CC(C)NCc1ccc(-c2ccc(O)c3c2C[C@@H]2C[C@@H]4C(N(C)C)C(O)=C(C(N)=O)C(=O)[C@]4(O)C(O)=C2C3=O)c2ccccc12. The fourth-order valence-electron chi connectivity index (χ4n) is 7.57. The van der Waals surface area contributed by atoms with Crippen molar-refractivity contribution >= 4 is 28.2 Å². The van der Waals surface area contributed by atoms with E-state index in [0.29, 0.717) is 18.2 Å². The van der Waals surface area contributed by atoms with Crippen molar-refractivity contribution in [3.63, 3.8) is 0 Å². The number of nitrogens with one attached hydrogen (secondary N) is 1. The molecule has 1 amide bonds. The number of aliphatic hydroxyl groups is 3. The van der Waals surface area contributed by atoms with Crippen molar-refractivity contribution in [3.05, 3.63) is 87.9 Å². The number of carbonyl (C=O) groups is 3. The van der Waals surface area contributed by atoms with Crippen LogP contribution >= 0.6 is 0 Å². The van der Waals surface area contributed by atoms with Crippen molar-refractivity contribution in [1.82, 2.24) is 10.2 Å². The highest BCUT2D eigenvalue weighted by atomic mass is 16.3. The molecule has 10 nitrogen and oxygen atoms in total. The lowest BCUT2D eigenvalue weighted by molar-refractivity contribution is -0.148. The van der Waals surface area contributed by atoms with Gasteiger partial charge in [0.2, 0.25) is 5.78 Å². The van der Waals surface area contributed by atoms with E-state index in [-0.39, 0.29) is 29.7 Å². The number of hydrogen-bond donors (Lipinski definition) is 6. The van der Waals surface area contributed by atoms with E-state index in [9.17, 15) is 34.8 Å². The molecule has 45 heavy (non-hydrogen) atoms. The topological polar surface area (TPSA) is 173 Å². The minimum Gasteiger partial charge on any atom is -0.510 e. The van der Waals surface area contributed by atoms with Crippen LogP contribution in [0.1, 0.15) is 41.8 Å².